The Hall–Kier alpha value is -2.54. The number of rotatable bonds is 8. The van der Waals surface area contributed by atoms with Gasteiger partial charge in [-0.15, -0.1) is 0 Å². The first-order chi connectivity index (χ1) is 12.3. The summed E-state index contributed by atoms with van der Waals surface area (Å²) in [6.07, 6.45) is 0. The van der Waals surface area contributed by atoms with E-state index in [4.69, 9.17) is 4.74 Å². The number of nitrogens with one attached hydrogen (secondary N) is 2. The second-order valence-corrected chi connectivity index (χ2v) is 7.97. The van der Waals surface area contributed by atoms with Crippen LogP contribution in [-0.2, 0) is 10.0 Å². The first kappa shape index (κ1) is 19.8. The van der Waals surface area contributed by atoms with Crippen LogP contribution in [-0.4, -0.2) is 33.2 Å². The number of amides is 1. The number of carbonyl (C=O) groups excluding carboxylic acids is 1. The molecule has 0 bridgehead atoms. The van der Waals surface area contributed by atoms with E-state index in [0.29, 0.717) is 24.4 Å². The van der Waals surface area contributed by atoms with Crippen molar-refractivity contribution in [2.24, 2.45) is 0 Å². The lowest BCUT2D eigenvalue weighted by Gasteiger charge is -2.11. The normalized spacial score (nSPS) is 11.0. The minimum atomic E-state index is -3.32. The number of aryl methyl sites for hydroxylation is 2. The summed E-state index contributed by atoms with van der Waals surface area (Å²) in [5, 5.41) is 2.78. The summed E-state index contributed by atoms with van der Waals surface area (Å²) in [6.45, 7) is 6.30. The number of carbonyl (C=O) groups is 1. The van der Waals surface area contributed by atoms with Gasteiger partial charge in [-0.2, -0.15) is 0 Å². The summed E-state index contributed by atoms with van der Waals surface area (Å²) in [5.41, 5.74) is 3.12. The zero-order chi connectivity index (χ0) is 19.2. The molecule has 2 N–H and O–H groups in total. The van der Waals surface area contributed by atoms with Crippen LogP contribution < -0.4 is 14.8 Å². The van der Waals surface area contributed by atoms with Crippen molar-refractivity contribution < 1.29 is 17.9 Å². The molecule has 2 aromatic rings. The topological polar surface area (TPSA) is 84.5 Å². The van der Waals surface area contributed by atoms with Crippen LogP contribution in [0.2, 0.25) is 0 Å². The molecule has 0 aromatic heterocycles. The monoisotopic (exact) mass is 376 g/mol. The molecule has 0 unspecified atom stereocenters. The molecule has 140 valence electrons. The van der Waals surface area contributed by atoms with E-state index in [-0.39, 0.29) is 11.7 Å². The summed E-state index contributed by atoms with van der Waals surface area (Å²) in [7, 11) is -3.32. The Bertz CT molecular complexity index is 862. The fourth-order valence-electron chi connectivity index (χ4n) is 2.33. The highest BCUT2D eigenvalue weighted by Gasteiger charge is 2.09. The van der Waals surface area contributed by atoms with Crippen molar-refractivity contribution in [2.75, 3.05) is 23.6 Å². The first-order valence-corrected chi connectivity index (χ1v) is 10.0. The molecule has 0 aliphatic carbocycles. The van der Waals surface area contributed by atoms with Gasteiger partial charge in [-0.05, 0) is 56.7 Å². The third kappa shape index (κ3) is 5.77. The Labute approximate surface area is 154 Å². The molecule has 2 aromatic carbocycles. The molecule has 0 saturated carbocycles. The lowest BCUT2D eigenvalue weighted by atomic mass is 10.1. The van der Waals surface area contributed by atoms with Gasteiger partial charge in [0.05, 0.1) is 12.3 Å². The van der Waals surface area contributed by atoms with Crippen LogP contribution >= 0.6 is 0 Å². The summed E-state index contributed by atoms with van der Waals surface area (Å²) in [4.78, 5) is 12.1. The van der Waals surface area contributed by atoms with E-state index < -0.39 is 10.0 Å². The highest BCUT2D eigenvalue weighted by atomic mass is 32.2. The van der Waals surface area contributed by atoms with Crippen LogP contribution in [0.4, 0.5) is 5.69 Å². The molecule has 0 spiro atoms. The summed E-state index contributed by atoms with van der Waals surface area (Å²) < 4.78 is 31.1. The predicted molar refractivity (Wildman–Crippen MR) is 103 cm³/mol. The fraction of sp³-hybridized carbons (Fsp3) is 0.316. The molecule has 7 heteroatoms. The van der Waals surface area contributed by atoms with E-state index in [1.54, 1.807) is 31.2 Å². The Morgan fingerprint density at radius 2 is 1.77 bits per heavy atom. The summed E-state index contributed by atoms with van der Waals surface area (Å²) >= 11 is 0. The number of sulfonamides is 1. The van der Waals surface area contributed by atoms with Crippen LogP contribution in [0.3, 0.4) is 0 Å². The van der Waals surface area contributed by atoms with Crippen molar-refractivity contribution in [1.82, 2.24) is 5.32 Å². The van der Waals surface area contributed by atoms with Crippen molar-refractivity contribution >= 4 is 21.6 Å². The van der Waals surface area contributed by atoms with Crippen LogP contribution in [0, 0.1) is 13.8 Å². The molecule has 0 atom stereocenters. The Balaban J connectivity index is 1.82. The quantitative estimate of drug-likeness (QED) is 0.694. The van der Waals surface area contributed by atoms with Gasteiger partial charge in [0.1, 0.15) is 12.4 Å². The second-order valence-electron chi connectivity index (χ2n) is 5.96. The van der Waals surface area contributed by atoms with E-state index in [1.165, 1.54) is 5.56 Å². The van der Waals surface area contributed by atoms with Crippen molar-refractivity contribution in [3.05, 3.63) is 59.2 Å². The molecular formula is C19H24N2O4S. The van der Waals surface area contributed by atoms with Crippen molar-refractivity contribution in [3.63, 3.8) is 0 Å². The van der Waals surface area contributed by atoms with Gasteiger partial charge in [0, 0.05) is 11.3 Å². The fourth-order valence-corrected chi connectivity index (χ4v) is 2.97. The minimum absolute atomic E-state index is 0.00427. The van der Waals surface area contributed by atoms with Crippen LogP contribution in [0.25, 0.3) is 0 Å². The Morgan fingerprint density at radius 3 is 2.38 bits per heavy atom. The van der Waals surface area contributed by atoms with Gasteiger partial charge in [0.25, 0.3) is 5.91 Å². The Kier molecular flexibility index (Phi) is 6.63. The van der Waals surface area contributed by atoms with Crippen molar-refractivity contribution in [2.45, 2.75) is 20.8 Å². The lowest BCUT2D eigenvalue weighted by Crippen LogP contribution is -2.28. The lowest BCUT2D eigenvalue weighted by molar-refractivity contribution is 0.0947. The van der Waals surface area contributed by atoms with E-state index in [2.05, 4.69) is 10.0 Å². The molecular weight excluding hydrogens is 352 g/mol. The van der Waals surface area contributed by atoms with Gasteiger partial charge in [-0.1, -0.05) is 17.7 Å². The zero-order valence-corrected chi connectivity index (χ0v) is 16.0. The average molecular weight is 376 g/mol. The number of anilines is 1. The van der Waals surface area contributed by atoms with E-state index in [0.717, 1.165) is 11.3 Å². The second kappa shape index (κ2) is 8.71. The van der Waals surface area contributed by atoms with Gasteiger partial charge in [-0.25, -0.2) is 8.42 Å². The predicted octanol–water partition coefficient (Wildman–Crippen LogP) is 2.87. The molecule has 0 radical (unpaired) electrons. The SMILES string of the molecule is CCS(=O)(=O)Nc1ccc(C(=O)NCCOc2ccc(C)cc2C)cc1. The summed E-state index contributed by atoms with van der Waals surface area (Å²) in [5.74, 6) is 0.562. The molecule has 6 nitrogen and oxygen atoms in total. The molecule has 0 aliphatic rings. The van der Waals surface area contributed by atoms with E-state index >= 15 is 0 Å². The number of hydrogen-bond donors (Lipinski definition) is 2. The molecule has 26 heavy (non-hydrogen) atoms. The Morgan fingerprint density at radius 1 is 1.08 bits per heavy atom. The number of ether oxygens (including phenoxy) is 1. The van der Waals surface area contributed by atoms with E-state index in [9.17, 15) is 13.2 Å². The van der Waals surface area contributed by atoms with Crippen molar-refractivity contribution in [3.8, 4) is 5.75 Å². The van der Waals surface area contributed by atoms with Gasteiger partial charge >= 0.3 is 0 Å². The van der Waals surface area contributed by atoms with Gasteiger partial charge in [0.15, 0.2) is 0 Å². The van der Waals surface area contributed by atoms with Crippen LogP contribution in [0.15, 0.2) is 42.5 Å². The highest BCUT2D eigenvalue weighted by molar-refractivity contribution is 7.92. The largest absolute Gasteiger partial charge is 0.491 e. The minimum Gasteiger partial charge on any atom is -0.491 e. The smallest absolute Gasteiger partial charge is 0.251 e. The van der Waals surface area contributed by atoms with Gasteiger partial charge in [-0.3, -0.25) is 9.52 Å². The number of hydrogen-bond acceptors (Lipinski definition) is 4. The third-order valence-electron chi connectivity index (χ3n) is 3.78. The zero-order valence-electron chi connectivity index (χ0n) is 15.2. The molecule has 0 aliphatic heterocycles. The highest BCUT2D eigenvalue weighted by Crippen LogP contribution is 2.18. The summed E-state index contributed by atoms with van der Waals surface area (Å²) in [6, 6.07) is 12.2. The maximum atomic E-state index is 12.1. The molecule has 0 heterocycles. The molecule has 1 amide bonds. The molecule has 0 fully saturated rings. The standard InChI is InChI=1S/C19H24N2O4S/c1-4-26(23,24)21-17-8-6-16(7-9-17)19(22)20-11-12-25-18-10-5-14(2)13-15(18)3/h5-10,13,21H,4,11-12H2,1-3H3,(H,20,22). The van der Waals surface area contributed by atoms with Crippen LogP contribution in [0.5, 0.6) is 5.75 Å². The molecule has 2 rings (SSSR count). The number of benzene rings is 2. The third-order valence-corrected chi connectivity index (χ3v) is 5.08. The van der Waals surface area contributed by atoms with E-state index in [1.807, 2.05) is 32.0 Å². The van der Waals surface area contributed by atoms with Crippen molar-refractivity contribution in [1.29, 1.82) is 0 Å². The van der Waals surface area contributed by atoms with Gasteiger partial charge < -0.3 is 10.1 Å². The first-order valence-electron chi connectivity index (χ1n) is 8.39. The maximum absolute atomic E-state index is 12.1. The van der Waals surface area contributed by atoms with Gasteiger partial charge in [0.2, 0.25) is 10.0 Å². The molecule has 0 saturated heterocycles. The maximum Gasteiger partial charge on any atom is 0.251 e. The van der Waals surface area contributed by atoms with Crippen LogP contribution in [0.1, 0.15) is 28.4 Å². The average Bonchev–Trinajstić information content (AvgIpc) is 2.60.